The molecule has 0 saturated carbocycles. The molecule has 2 nitrogen and oxygen atoms in total. The van der Waals surface area contributed by atoms with Crippen LogP contribution in [0.25, 0.3) is 0 Å². The Kier molecular flexibility index (Phi) is 3.61. The summed E-state index contributed by atoms with van der Waals surface area (Å²) in [5.74, 6) is 0. The number of hydrogen-bond acceptors (Lipinski definition) is 3. The van der Waals surface area contributed by atoms with Crippen molar-refractivity contribution < 1.29 is 0 Å². The minimum atomic E-state index is 0.778. The van der Waals surface area contributed by atoms with E-state index in [1.54, 1.807) is 11.3 Å². The van der Waals surface area contributed by atoms with E-state index in [0.717, 1.165) is 27.4 Å². The summed E-state index contributed by atoms with van der Waals surface area (Å²) in [6.07, 6.45) is 0. The van der Waals surface area contributed by atoms with E-state index < -0.39 is 0 Å². The van der Waals surface area contributed by atoms with E-state index in [4.69, 9.17) is 0 Å². The highest BCUT2D eigenvalue weighted by Gasteiger charge is 2.03. The zero-order valence-corrected chi connectivity index (χ0v) is 11.7. The molecule has 16 heavy (non-hydrogen) atoms. The lowest BCUT2D eigenvalue weighted by Gasteiger charge is -2.08. The Hall–Kier alpha value is -0.870. The number of hydrogen-bond donors (Lipinski definition) is 1. The minimum Gasteiger partial charge on any atom is -0.378 e. The molecule has 0 saturated heterocycles. The summed E-state index contributed by atoms with van der Waals surface area (Å²) >= 11 is 5.27. The van der Waals surface area contributed by atoms with E-state index in [0.29, 0.717) is 0 Å². The number of aryl methyl sites for hydroxylation is 2. The van der Waals surface area contributed by atoms with Gasteiger partial charge in [0, 0.05) is 21.2 Å². The van der Waals surface area contributed by atoms with Gasteiger partial charge in [-0.3, -0.25) is 0 Å². The topological polar surface area (TPSA) is 24.9 Å². The van der Waals surface area contributed by atoms with E-state index in [1.165, 1.54) is 5.56 Å². The number of nitrogens with one attached hydrogen (secondary N) is 1. The van der Waals surface area contributed by atoms with Crippen molar-refractivity contribution in [1.82, 2.24) is 4.98 Å². The molecule has 2 rings (SSSR count). The van der Waals surface area contributed by atoms with Crippen molar-refractivity contribution in [3.63, 3.8) is 0 Å². The first kappa shape index (κ1) is 11.6. The molecular formula is C12H13BrN2S. The van der Waals surface area contributed by atoms with E-state index in [1.807, 2.05) is 6.92 Å². The van der Waals surface area contributed by atoms with Crippen molar-refractivity contribution in [1.29, 1.82) is 0 Å². The van der Waals surface area contributed by atoms with Gasteiger partial charge in [-0.05, 0) is 41.4 Å². The van der Waals surface area contributed by atoms with Crippen LogP contribution >= 0.6 is 27.3 Å². The van der Waals surface area contributed by atoms with Crippen LogP contribution in [0.15, 0.2) is 28.1 Å². The molecule has 1 heterocycles. The molecule has 0 fully saturated rings. The largest absolute Gasteiger partial charge is 0.378 e. The van der Waals surface area contributed by atoms with E-state index in [9.17, 15) is 0 Å². The average molecular weight is 297 g/mol. The molecule has 0 aliphatic heterocycles. The van der Waals surface area contributed by atoms with Gasteiger partial charge in [0.1, 0.15) is 5.01 Å². The lowest BCUT2D eigenvalue weighted by atomic mass is 10.2. The molecule has 4 heteroatoms. The van der Waals surface area contributed by atoms with Gasteiger partial charge in [0.25, 0.3) is 0 Å². The number of aromatic nitrogens is 1. The summed E-state index contributed by atoms with van der Waals surface area (Å²) < 4.78 is 1.13. The first-order valence-electron chi connectivity index (χ1n) is 5.07. The standard InChI is InChI=1S/C12H13BrN2S/c1-8-4-3-5-10(12(8)13)14-6-11-15-9(2)7-16-11/h3-5,7,14H,6H2,1-2H3. The van der Waals surface area contributed by atoms with Crippen molar-refractivity contribution in [2.75, 3.05) is 5.32 Å². The third-order valence-corrected chi connectivity index (χ3v) is 4.31. The number of thiazole rings is 1. The van der Waals surface area contributed by atoms with Crippen LogP contribution in [0.5, 0.6) is 0 Å². The Bertz CT molecular complexity index is 494. The van der Waals surface area contributed by atoms with Crippen LogP contribution in [0.1, 0.15) is 16.3 Å². The second-order valence-corrected chi connectivity index (χ2v) is 5.41. The third kappa shape index (κ3) is 2.62. The number of benzene rings is 1. The fourth-order valence-corrected chi connectivity index (χ4v) is 2.55. The fraction of sp³-hybridized carbons (Fsp3) is 0.250. The summed E-state index contributed by atoms with van der Waals surface area (Å²) in [6.45, 7) is 4.88. The molecule has 1 N–H and O–H groups in total. The zero-order chi connectivity index (χ0) is 11.5. The van der Waals surface area contributed by atoms with Gasteiger partial charge >= 0.3 is 0 Å². The van der Waals surface area contributed by atoms with Gasteiger partial charge in [-0.1, -0.05) is 12.1 Å². The van der Waals surface area contributed by atoms with Crippen molar-refractivity contribution in [3.05, 3.63) is 44.3 Å². The maximum atomic E-state index is 4.42. The Morgan fingerprint density at radius 1 is 1.38 bits per heavy atom. The molecule has 0 spiro atoms. The highest BCUT2D eigenvalue weighted by Crippen LogP contribution is 2.26. The monoisotopic (exact) mass is 296 g/mol. The number of halogens is 1. The van der Waals surface area contributed by atoms with Gasteiger partial charge in [0.05, 0.1) is 6.54 Å². The molecule has 0 atom stereocenters. The highest BCUT2D eigenvalue weighted by molar-refractivity contribution is 9.10. The molecule has 0 amide bonds. The van der Waals surface area contributed by atoms with Crippen molar-refractivity contribution in [3.8, 4) is 0 Å². The van der Waals surface area contributed by atoms with Crippen LogP contribution in [-0.2, 0) is 6.54 Å². The summed E-state index contributed by atoms with van der Waals surface area (Å²) in [5, 5.41) is 6.57. The molecule has 1 aromatic carbocycles. The summed E-state index contributed by atoms with van der Waals surface area (Å²) in [7, 11) is 0. The van der Waals surface area contributed by atoms with Gasteiger partial charge in [-0.15, -0.1) is 11.3 Å². The first-order chi connectivity index (χ1) is 7.66. The highest BCUT2D eigenvalue weighted by atomic mass is 79.9. The molecule has 0 aliphatic rings. The van der Waals surface area contributed by atoms with Crippen LogP contribution in [0.3, 0.4) is 0 Å². The molecule has 0 radical (unpaired) electrons. The van der Waals surface area contributed by atoms with Crippen molar-refractivity contribution in [2.45, 2.75) is 20.4 Å². The molecular weight excluding hydrogens is 284 g/mol. The van der Waals surface area contributed by atoms with Gasteiger partial charge in [0.15, 0.2) is 0 Å². The second kappa shape index (κ2) is 4.97. The van der Waals surface area contributed by atoms with Crippen LogP contribution in [0.4, 0.5) is 5.69 Å². The fourth-order valence-electron chi connectivity index (χ4n) is 1.44. The quantitative estimate of drug-likeness (QED) is 0.921. The smallest absolute Gasteiger partial charge is 0.112 e. The first-order valence-corrected chi connectivity index (χ1v) is 6.74. The van der Waals surface area contributed by atoms with Gasteiger partial charge < -0.3 is 5.32 Å². The molecule has 2 aromatic rings. The maximum absolute atomic E-state index is 4.42. The Balaban J connectivity index is 2.07. The number of rotatable bonds is 3. The Morgan fingerprint density at radius 3 is 2.88 bits per heavy atom. The Morgan fingerprint density at radius 2 is 2.19 bits per heavy atom. The van der Waals surface area contributed by atoms with Gasteiger partial charge in [-0.25, -0.2) is 4.98 Å². The lowest BCUT2D eigenvalue weighted by Crippen LogP contribution is -2.00. The predicted molar refractivity (Wildman–Crippen MR) is 73.1 cm³/mol. The third-order valence-electron chi connectivity index (χ3n) is 2.29. The predicted octanol–water partition coefficient (Wildman–Crippen LogP) is 4.13. The lowest BCUT2D eigenvalue weighted by molar-refractivity contribution is 1.07. The Labute approximate surface area is 108 Å². The van der Waals surface area contributed by atoms with Crippen LogP contribution < -0.4 is 5.32 Å². The number of anilines is 1. The minimum absolute atomic E-state index is 0.778. The molecule has 84 valence electrons. The zero-order valence-electron chi connectivity index (χ0n) is 9.25. The summed E-state index contributed by atoms with van der Waals surface area (Å²) in [6, 6.07) is 6.20. The molecule has 0 bridgehead atoms. The summed E-state index contributed by atoms with van der Waals surface area (Å²) in [4.78, 5) is 4.42. The van der Waals surface area contributed by atoms with Gasteiger partial charge in [0.2, 0.25) is 0 Å². The van der Waals surface area contributed by atoms with Crippen molar-refractivity contribution in [2.24, 2.45) is 0 Å². The maximum Gasteiger partial charge on any atom is 0.112 e. The van der Waals surface area contributed by atoms with E-state index in [2.05, 4.69) is 56.7 Å². The van der Waals surface area contributed by atoms with Gasteiger partial charge in [-0.2, -0.15) is 0 Å². The number of nitrogens with zero attached hydrogens (tertiary/aromatic N) is 1. The van der Waals surface area contributed by atoms with Crippen molar-refractivity contribution >= 4 is 33.0 Å². The molecule has 0 aliphatic carbocycles. The summed E-state index contributed by atoms with van der Waals surface area (Å²) in [5.41, 5.74) is 3.44. The van der Waals surface area contributed by atoms with E-state index in [-0.39, 0.29) is 0 Å². The van der Waals surface area contributed by atoms with E-state index >= 15 is 0 Å². The van der Waals surface area contributed by atoms with Crippen LogP contribution in [0.2, 0.25) is 0 Å². The molecule has 0 unspecified atom stereocenters. The molecule has 1 aromatic heterocycles. The van der Waals surface area contributed by atoms with Crippen LogP contribution in [0, 0.1) is 13.8 Å². The SMILES string of the molecule is Cc1csc(CNc2cccc(C)c2Br)n1. The normalized spacial score (nSPS) is 10.4. The second-order valence-electron chi connectivity index (χ2n) is 3.67. The average Bonchev–Trinajstić information content (AvgIpc) is 2.67. The van der Waals surface area contributed by atoms with Crippen LogP contribution in [-0.4, -0.2) is 4.98 Å².